The van der Waals surface area contributed by atoms with Gasteiger partial charge in [0.1, 0.15) is 12.2 Å². The van der Waals surface area contributed by atoms with Gasteiger partial charge in [-0.3, -0.25) is 4.57 Å². The third kappa shape index (κ3) is 4.21. The third-order valence-corrected chi connectivity index (χ3v) is 4.55. The molecule has 0 bridgehead atoms. The highest BCUT2D eigenvalue weighted by Crippen LogP contribution is 2.23. The molecule has 9 heteroatoms. The van der Waals surface area contributed by atoms with E-state index >= 15 is 0 Å². The number of nitrogen functional groups attached to an aromatic ring is 1. The summed E-state index contributed by atoms with van der Waals surface area (Å²) in [7, 11) is 0. The van der Waals surface area contributed by atoms with E-state index in [1.54, 1.807) is 6.33 Å². The molecular weight excluding hydrogens is 360 g/mol. The lowest BCUT2D eigenvalue weighted by Crippen LogP contribution is -2.06. The molecule has 0 spiro atoms. The van der Waals surface area contributed by atoms with Crippen LogP contribution in [0.15, 0.2) is 72.1 Å². The third-order valence-electron chi connectivity index (χ3n) is 3.61. The Kier molecular flexibility index (Phi) is 4.93. The van der Waals surface area contributed by atoms with Crippen molar-refractivity contribution >= 4 is 29.3 Å². The second-order valence-corrected chi connectivity index (χ2v) is 6.47. The van der Waals surface area contributed by atoms with Crippen LogP contribution in [0.4, 0.5) is 17.6 Å². The lowest BCUT2D eigenvalue weighted by molar-refractivity contribution is 0.880. The number of para-hydroxylation sites is 2. The van der Waals surface area contributed by atoms with Crippen molar-refractivity contribution in [3.05, 3.63) is 72.8 Å². The molecule has 4 aromatic rings. The minimum Gasteiger partial charge on any atom is -0.368 e. The molecule has 2 aromatic heterocycles. The van der Waals surface area contributed by atoms with Crippen LogP contribution in [0.3, 0.4) is 0 Å². The topological polar surface area (TPSA) is 107 Å². The van der Waals surface area contributed by atoms with Gasteiger partial charge >= 0.3 is 0 Å². The molecule has 134 valence electrons. The van der Waals surface area contributed by atoms with Crippen LogP contribution in [0.5, 0.6) is 0 Å². The first kappa shape index (κ1) is 17.0. The van der Waals surface area contributed by atoms with E-state index in [2.05, 4.69) is 30.5 Å². The number of nitrogens with zero attached hydrogens (tertiary/aromatic N) is 6. The van der Waals surface area contributed by atoms with Crippen molar-refractivity contribution in [3.63, 3.8) is 0 Å². The fourth-order valence-electron chi connectivity index (χ4n) is 2.43. The molecule has 0 saturated heterocycles. The standard InChI is InChI=1S/C18H16N8S/c19-16-22-15(23-17(24-16)21-13-7-3-1-4-8-13)11-27-18-25-20-12-26(18)14-9-5-2-6-10-14/h1-10,12H,11H2,(H3,19,21,22,23,24). The van der Waals surface area contributed by atoms with Gasteiger partial charge in [0.25, 0.3) is 0 Å². The Hall–Kier alpha value is -3.46. The first-order chi connectivity index (χ1) is 13.3. The van der Waals surface area contributed by atoms with Gasteiger partial charge in [-0.05, 0) is 24.3 Å². The van der Waals surface area contributed by atoms with Crippen LogP contribution in [0.25, 0.3) is 5.69 Å². The van der Waals surface area contributed by atoms with Crippen molar-refractivity contribution in [1.29, 1.82) is 0 Å². The molecule has 8 nitrogen and oxygen atoms in total. The van der Waals surface area contributed by atoms with Crippen LogP contribution in [0, 0.1) is 0 Å². The molecule has 0 fully saturated rings. The van der Waals surface area contributed by atoms with Crippen LogP contribution in [0.1, 0.15) is 5.82 Å². The predicted molar refractivity (Wildman–Crippen MR) is 105 cm³/mol. The summed E-state index contributed by atoms with van der Waals surface area (Å²) in [5.74, 6) is 1.63. The first-order valence-corrected chi connectivity index (χ1v) is 9.17. The number of aromatic nitrogens is 6. The molecule has 0 aliphatic carbocycles. The fourth-order valence-corrected chi connectivity index (χ4v) is 3.21. The van der Waals surface area contributed by atoms with Crippen molar-refractivity contribution in [3.8, 4) is 5.69 Å². The Morgan fingerprint density at radius 2 is 1.67 bits per heavy atom. The van der Waals surface area contributed by atoms with E-state index in [9.17, 15) is 0 Å². The summed E-state index contributed by atoms with van der Waals surface area (Å²) in [6.07, 6.45) is 1.68. The summed E-state index contributed by atoms with van der Waals surface area (Å²) in [6.45, 7) is 0. The Balaban J connectivity index is 1.50. The van der Waals surface area contributed by atoms with Crippen LogP contribution in [-0.4, -0.2) is 29.7 Å². The van der Waals surface area contributed by atoms with E-state index in [1.165, 1.54) is 11.8 Å². The van der Waals surface area contributed by atoms with Gasteiger partial charge in [0.05, 0.1) is 5.75 Å². The molecule has 0 aliphatic heterocycles. The summed E-state index contributed by atoms with van der Waals surface area (Å²) < 4.78 is 1.92. The Labute approximate surface area is 159 Å². The first-order valence-electron chi connectivity index (χ1n) is 8.19. The summed E-state index contributed by atoms with van der Waals surface area (Å²) in [5.41, 5.74) is 7.71. The molecule has 0 aliphatic rings. The average Bonchev–Trinajstić information content (AvgIpc) is 3.16. The quantitative estimate of drug-likeness (QED) is 0.494. The summed E-state index contributed by atoms with van der Waals surface area (Å²) in [4.78, 5) is 12.8. The van der Waals surface area contributed by atoms with Crippen LogP contribution in [0.2, 0.25) is 0 Å². The van der Waals surface area contributed by atoms with Crippen molar-refractivity contribution in [1.82, 2.24) is 29.7 Å². The van der Waals surface area contributed by atoms with E-state index < -0.39 is 0 Å². The number of anilines is 3. The second-order valence-electron chi connectivity index (χ2n) is 5.53. The van der Waals surface area contributed by atoms with Crippen LogP contribution < -0.4 is 11.1 Å². The highest BCUT2D eigenvalue weighted by atomic mass is 32.2. The molecule has 0 unspecified atom stereocenters. The molecule has 0 saturated carbocycles. The van der Waals surface area contributed by atoms with Gasteiger partial charge in [0.15, 0.2) is 5.16 Å². The number of hydrogen-bond donors (Lipinski definition) is 2. The number of hydrogen-bond acceptors (Lipinski definition) is 8. The Morgan fingerprint density at radius 1 is 0.926 bits per heavy atom. The SMILES string of the molecule is Nc1nc(CSc2nncn2-c2ccccc2)nc(Nc2ccccc2)n1. The maximum absolute atomic E-state index is 5.84. The fraction of sp³-hybridized carbons (Fsp3) is 0.0556. The second kappa shape index (κ2) is 7.83. The van der Waals surface area contributed by atoms with Crippen LogP contribution >= 0.6 is 11.8 Å². The monoisotopic (exact) mass is 376 g/mol. The summed E-state index contributed by atoms with van der Waals surface area (Å²) in [6, 6.07) is 19.6. The predicted octanol–water partition coefficient (Wildman–Crippen LogP) is 3.07. The van der Waals surface area contributed by atoms with E-state index in [1.807, 2.05) is 65.2 Å². The maximum atomic E-state index is 5.84. The highest BCUT2D eigenvalue weighted by molar-refractivity contribution is 7.98. The zero-order valence-electron chi connectivity index (χ0n) is 14.2. The molecule has 4 rings (SSSR count). The van der Waals surface area contributed by atoms with Gasteiger partial charge in [-0.1, -0.05) is 48.2 Å². The Morgan fingerprint density at radius 3 is 2.44 bits per heavy atom. The van der Waals surface area contributed by atoms with E-state index in [0.717, 1.165) is 16.5 Å². The van der Waals surface area contributed by atoms with E-state index in [0.29, 0.717) is 17.5 Å². The zero-order valence-corrected chi connectivity index (χ0v) is 15.0. The minimum absolute atomic E-state index is 0.170. The molecular formula is C18H16N8S. The number of benzene rings is 2. The average molecular weight is 376 g/mol. The van der Waals surface area contributed by atoms with Gasteiger partial charge in [0, 0.05) is 11.4 Å². The van der Waals surface area contributed by atoms with Crippen molar-refractivity contribution in [2.24, 2.45) is 0 Å². The van der Waals surface area contributed by atoms with Crippen molar-refractivity contribution < 1.29 is 0 Å². The lowest BCUT2D eigenvalue weighted by atomic mass is 10.3. The highest BCUT2D eigenvalue weighted by Gasteiger charge is 2.10. The number of thioether (sulfide) groups is 1. The molecule has 2 heterocycles. The van der Waals surface area contributed by atoms with Gasteiger partial charge in [-0.15, -0.1) is 10.2 Å². The molecule has 3 N–H and O–H groups in total. The smallest absolute Gasteiger partial charge is 0.232 e. The van der Waals surface area contributed by atoms with Gasteiger partial charge in [0.2, 0.25) is 11.9 Å². The van der Waals surface area contributed by atoms with Crippen LogP contribution in [-0.2, 0) is 5.75 Å². The van der Waals surface area contributed by atoms with E-state index in [4.69, 9.17) is 5.73 Å². The number of nitrogens with one attached hydrogen (secondary N) is 1. The minimum atomic E-state index is 0.170. The normalized spacial score (nSPS) is 10.7. The summed E-state index contributed by atoms with van der Waals surface area (Å²) in [5, 5.41) is 12.1. The van der Waals surface area contributed by atoms with Crippen molar-refractivity contribution in [2.45, 2.75) is 10.9 Å². The van der Waals surface area contributed by atoms with E-state index in [-0.39, 0.29) is 5.95 Å². The van der Waals surface area contributed by atoms with Gasteiger partial charge in [-0.2, -0.15) is 15.0 Å². The lowest BCUT2D eigenvalue weighted by Gasteiger charge is -2.08. The molecule has 2 aromatic carbocycles. The number of nitrogens with two attached hydrogens (primary N) is 1. The molecule has 27 heavy (non-hydrogen) atoms. The molecule has 0 radical (unpaired) electrons. The molecule has 0 amide bonds. The van der Waals surface area contributed by atoms with Gasteiger partial charge < -0.3 is 11.1 Å². The molecule has 0 atom stereocenters. The summed E-state index contributed by atoms with van der Waals surface area (Å²) >= 11 is 1.48. The largest absolute Gasteiger partial charge is 0.368 e. The van der Waals surface area contributed by atoms with Crippen molar-refractivity contribution in [2.75, 3.05) is 11.1 Å². The Bertz CT molecular complexity index is 1020. The zero-order chi connectivity index (χ0) is 18.5. The van der Waals surface area contributed by atoms with Gasteiger partial charge in [-0.25, -0.2) is 0 Å². The maximum Gasteiger partial charge on any atom is 0.232 e. The number of rotatable bonds is 6.